The first-order valence-corrected chi connectivity index (χ1v) is 7.64. The van der Waals surface area contributed by atoms with Crippen LogP contribution < -0.4 is 5.73 Å². The molecule has 6 heteroatoms. The standard InChI is InChI=1S/C14H24N4O2/c15-6-2-1-3-12-10-18(17-16-12)13-4-7-20-14(9-13)5-8-19-11-14/h10,13H,1-9,11,15H2. The maximum atomic E-state index is 5.96. The molecule has 3 rings (SSSR count). The Kier molecular flexibility index (Phi) is 4.33. The second kappa shape index (κ2) is 6.20. The first kappa shape index (κ1) is 14.0. The van der Waals surface area contributed by atoms with Crippen LogP contribution >= 0.6 is 0 Å². The van der Waals surface area contributed by atoms with Gasteiger partial charge in [-0.15, -0.1) is 5.10 Å². The summed E-state index contributed by atoms with van der Waals surface area (Å²) in [5, 5.41) is 8.59. The monoisotopic (exact) mass is 280 g/mol. The van der Waals surface area contributed by atoms with Gasteiger partial charge >= 0.3 is 0 Å². The zero-order chi connectivity index (χ0) is 13.8. The summed E-state index contributed by atoms with van der Waals surface area (Å²) in [4.78, 5) is 0. The fourth-order valence-electron chi connectivity index (χ4n) is 3.15. The second-order valence-corrected chi connectivity index (χ2v) is 5.92. The van der Waals surface area contributed by atoms with Crippen molar-refractivity contribution in [2.75, 3.05) is 26.4 Å². The molecule has 6 nitrogen and oxygen atoms in total. The molecular formula is C14H24N4O2. The lowest BCUT2D eigenvalue weighted by molar-refractivity contribution is -0.0964. The van der Waals surface area contributed by atoms with E-state index in [2.05, 4.69) is 16.5 Å². The number of hydrogen-bond donors (Lipinski definition) is 1. The predicted octanol–water partition coefficient (Wildman–Crippen LogP) is 1.07. The average molecular weight is 280 g/mol. The SMILES string of the molecule is NCCCCc1cn(C2CCOC3(CCOC3)C2)nn1. The van der Waals surface area contributed by atoms with Gasteiger partial charge in [0.25, 0.3) is 0 Å². The van der Waals surface area contributed by atoms with Gasteiger partial charge in [-0.1, -0.05) is 5.21 Å². The molecule has 3 heterocycles. The fraction of sp³-hybridized carbons (Fsp3) is 0.857. The van der Waals surface area contributed by atoms with Crippen molar-refractivity contribution < 1.29 is 9.47 Å². The first-order valence-electron chi connectivity index (χ1n) is 7.64. The molecule has 0 saturated carbocycles. The van der Waals surface area contributed by atoms with Crippen molar-refractivity contribution in [3.63, 3.8) is 0 Å². The third-order valence-electron chi connectivity index (χ3n) is 4.35. The highest BCUT2D eigenvalue weighted by atomic mass is 16.6. The number of nitrogens with two attached hydrogens (primary N) is 1. The Hall–Kier alpha value is -0.980. The molecule has 2 fully saturated rings. The molecule has 0 aromatic carbocycles. The summed E-state index contributed by atoms with van der Waals surface area (Å²) in [6, 6.07) is 0.390. The highest BCUT2D eigenvalue weighted by molar-refractivity contribution is 4.97. The Balaban J connectivity index is 1.60. The zero-order valence-electron chi connectivity index (χ0n) is 12.0. The highest BCUT2D eigenvalue weighted by Gasteiger charge is 2.41. The number of unbranched alkanes of at least 4 members (excludes halogenated alkanes) is 1. The van der Waals surface area contributed by atoms with Gasteiger partial charge in [0.1, 0.15) is 0 Å². The summed E-state index contributed by atoms with van der Waals surface area (Å²) in [6.07, 6.45) is 8.18. The summed E-state index contributed by atoms with van der Waals surface area (Å²) in [5.41, 5.74) is 6.51. The van der Waals surface area contributed by atoms with Gasteiger partial charge in [-0.25, -0.2) is 4.68 Å². The maximum Gasteiger partial charge on any atom is 0.0957 e. The maximum absolute atomic E-state index is 5.96. The number of ether oxygens (including phenoxy) is 2. The molecule has 1 aromatic heterocycles. The van der Waals surface area contributed by atoms with Crippen LogP contribution in [0.5, 0.6) is 0 Å². The summed E-state index contributed by atoms with van der Waals surface area (Å²) in [7, 11) is 0. The van der Waals surface area contributed by atoms with E-state index in [9.17, 15) is 0 Å². The van der Waals surface area contributed by atoms with E-state index < -0.39 is 0 Å². The third kappa shape index (κ3) is 3.02. The number of hydrogen-bond acceptors (Lipinski definition) is 5. The van der Waals surface area contributed by atoms with Crippen molar-refractivity contribution in [3.8, 4) is 0 Å². The molecule has 0 bridgehead atoms. The molecule has 0 radical (unpaired) electrons. The normalized spacial score (nSPS) is 30.1. The van der Waals surface area contributed by atoms with Gasteiger partial charge in [-0.3, -0.25) is 0 Å². The molecule has 0 amide bonds. The van der Waals surface area contributed by atoms with Crippen molar-refractivity contribution in [3.05, 3.63) is 11.9 Å². The fourth-order valence-corrected chi connectivity index (χ4v) is 3.15. The summed E-state index contributed by atoms with van der Waals surface area (Å²) >= 11 is 0. The number of rotatable bonds is 5. The molecule has 1 spiro atoms. The van der Waals surface area contributed by atoms with Gasteiger partial charge in [-0.05, 0) is 32.2 Å². The third-order valence-corrected chi connectivity index (χ3v) is 4.35. The Morgan fingerprint density at radius 1 is 1.40 bits per heavy atom. The van der Waals surface area contributed by atoms with E-state index in [1.807, 2.05) is 4.68 Å². The first-order chi connectivity index (χ1) is 9.81. The summed E-state index contributed by atoms with van der Waals surface area (Å²) in [5.74, 6) is 0. The van der Waals surface area contributed by atoms with Crippen molar-refractivity contribution >= 4 is 0 Å². The highest BCUT2D eigenvalue weighted by Crippen LogP contribution is 2.37. The molecule has 2 saturated heterocycles. The molecule has 2 aliphatic rings. The smallest absolute Gasteiger partial charge is 0.0957 e. The van der Waals surface area contributed by atoms with Crippen molar-refractivity contribution in [2.45, 2.75) is 50.2 Å². The molecule has 1 aromatic rings. The van der Waals surface area contributed by atoms with Crippen LogP contribution in [0.1, 0.15) is 43.8 Å². The molecule has 2 atom stereocenters. The minimum absolute atomic E-state index is 0.0748. The molecule has 112 valence electrons. The van der Waals surface area contributed by atoms with Crippen LogP contribution in [0.2, 0.25) is 0 Å². The van der Waals surface area contributed by atoms with Gasteiger partial charge in [0.15, 0.2) is 0 Å². The average Bonchev–Trinajstić information content (AvgIpc) is 3.09. The van der Waals surface area contributed by atoms with E-state index in [0.29, 0.717) is 6.04 Å². The number of nitrogens with zero attached hydrogens (tertiary/aromatic N) is 3. The van der Waals surface area contributed by atoms with Gasteiger partial charge in [0.2, 0.25) is 0 Å². The molecule has 2 N–H and O–H groups in total. The largest absolute Gasteiger partial charge is 0.378 e. The van der Waals surface area contributed by atoms with Crippen LogP contribution in [-0.4, -0.2) is 47.0 Å². The van der Waals surface area contributed by atoms with E-state index in [0.717, 1.165) is 70.6 Å². The van der Waals surface area contributed by atoms with E-state index in [1.54, 1.807) is 0 Å². The van der Waals surface area contributed by atoms with Crippen LogP contribution in [0.4, 0.5) is 0 Å². The van der Waals surface area contributed by atoms with Crippen molar-refractivity contribution in [1.82, 2.24) is 15.0 Å². The van der Waals surface area contributed by atoms with Gasteiger partial charge in [0, 0.05) is 32.3 Å². The Morgan fingerprint density at radius 3 is 3.15 bits per heavy atom. The van der Waals surface area contributed by atoms with E-state index >= 15 is 0 Å². The van der Waals surface area contributed by atoms with Crippen LogP contribution in [0.25, 0.3) is 0 Å². The minimum Gasteiger partial charge on any atom is -0.378 e. The Bertz CT molecular complexity index is 429. The quantitative estimate of drug-likeness (QED) is 0.817. The number of aryl methyl sites for hydroxylation is 1. The van der Waals surface area contributed by atoms with Crippen LogP contribution in [0, 0.1) is 0 Å². The van der Waals surface area contributed by atoms with Crippen molar-refractivity contribution in [2.24, 2.45) is 5.73 Å². The van der Waals surface area contributed by atoms with E-state index in [-0.39, 0.29) is 5.60 Å². The predicted molar refractivity (Wildman–Crippen MR) is 74.4 cm³/mol. The zero-order valence-corrected chi connectivity index (χ0v) is 12.0. The molecule has 2 unspecified atom stereocenters. The lowest BCUT2D eigenvalue weighted by atomic mass is 9.90. The lowest BCUT2D eigenvalue weighted by Crippen LogP contribution is -2.41. The van der Waals surface area contributed by atoms with Crippen LogP contribution in [0.3, 0.4) is 0 Å². The number of aromatic nitrogens is 3. The summed E-state index contributed by atoms with van der Waals surface area (Å²) < 4.78 is 13.5. The Labute approximate surface area is 119 Å². The molecule has 20 heavy (non-hydrogen) atoms. The minimum atomic E-state index is -0.0748. The molecule has 2 aliphatic heterocycles. The van der Waals surface area contributed by atoms with Gasteiger partial charge in [-0.2, -0.15) is 0 Å². The van der Waals surface area contributed by atoms with E-state index in [4.69, 9.17) is 15.2 Å². The van der Waals surface area contributed by atoms with Crippen molar-refractivity contribution in [1.29, 1.82) is 0 Å². The molecular weight excluding hydrogens is 256 g/mol. The lowest BCUT2D eigenvalue weighted by Gasteiger charge is -2.36. The van der Waals surface area contributed by atoms with Crippen LogP contribution in [0.15, 0.2) is 6.20 Å². The van der Waals surface area contributed by atoms with Crippen LogP contribution in [-0.2, 0) is 15.9 Å². The second-order valence-electron chi connectivity index (χ2n) is 5.92. The Morgan fingerprint density at radius 2 is 2.35 bits per heavy atom. The van der Waals surface area contributed by atoms with Gasteiger partial charge < -0.3 is 15.2 Å². The summed E-state index contributed by atoms with van der Waals surface area (Å²) in [6.45, 7) is 3.07. The van der Waals surface area contributed by atoms with Gasteiger partial charge in [0.05, 0.1) is 23.9 Å². The topological polar surface area (TPSA) is 75.2 Å². The molecule has 0 aliphatic carbocycles. The van der Waals surface area contributed by atoms with E-state index in [1.165, 1.54) is 0 Å².